The van der Waals surface area contributed by atoms with Gasteiger partial charge in [-0.1, -0.05) is 31.4 Å². The molecule has 104 valence electrons. The SMILES string of the molecule is CN(CCCNC1C=CCCC1)C1CCCCC1. The Kier molecular flexibility index (Phi) is 6.22. The Bertz CT molecular complexity index is 243. The predicted octanol–water partition coefficient (Wildman–Crippen LogP) is 3.34. The zero-order chi connectivity index (χ0) is 12.6. The van der Waals surface area contributed by atoms with E-state index in [2.05, 4.69) is 29.4 Å². The lowest BCUT2D eigenvalue weighted by Crippen LogP contribution is -2.36. The standard InChI is InChI=1S/C16H30N2/c1-18(16-11-6-3-7-12-16)14-8-13-17-15-9-4-2-5-10-15/h4,9,15-17H,2-3,5-8,10-14H2,1H3. The van der Waals surface area contributed by atoms with Crippen molar-refractivity contribution in [3.05, 3.63) is 12.2 Å². The molecular weight excluding hydrogens is 220 g/mol. The van der Waals surface area contributed by atoms with E-state index >= 15 is 0 Å². The van der Waals surface area contributed by atoms with Crippen molar-refractivity contribution >= 4 is 0 Å². The zero-order valence-corrected chi connectivity index (χ0v) is 12.0. The van der Waals surface area contributed by atoms with E-state index in [1.807, 2.05) is 0 Å². The van der Waals surface area contributed by atoms with E-state index in [0.29, 0.717) is 6.04 Å². The van der Waals surface area contributed by atoms with Crippen molar-refractivity contribution in [1.29, 1.82) is 0 Å². The summed E-state index contributed by atoms with van der Waals surface area (Å²) in [6.45, 7) is 2.43. The van der Waals surface area contributed by atoms with Crippen molar-refractivity contribution in [2.45, 2.75) is 69.9 Å². The topological polar surface area (TPSA) is 15.3 Å². The minimum atomic E-state index is 0.652. The van der Waals surface area contributed by atoms with Crippen LogP contribution in [0.4, 0.5) is 0 Å². The van der Waals surface area contributed by atoms with E-state index in [1.54, 1.807) is 0 Å². The van der Waals surface area contributed by atoms with Crippen molar-refractivity contribution in [3.63, 3.8) is 0 Å². The smallest absolute Gasteiger partial charge is 0.0250 e. The number of nitrogens with zero attached hydrogens (tertiary/aromatic N) is 1. The first kappa shape index (κ1) is 14.1. The summed E-state index contributed by atoms with van der Waals surface area (Å²) in [5.41, 5.74) is 0. The number of allylic oxidation sites excluding steroid dienone is 1. The lowest BCUT2D eigenvalue weighted by atomic mass is 9.94. The third kappa shape index (κ3) is 4.74. The molecule has 0 radical (unpaired) electrons. The molecule has 1 fully saturated rings. The highest BCUT2D eigenvalue weighted by molar-refractivity contribution is 4.97. The molecule has 0 bridgehead atoms. The van der Waals surface area contributed by atoms with Crippen molar-refractivity contribution < 1.29 is 0 Å². The molecule has 0 heterocycles. The highest BCUT2D eigenvalue weighted by Crippen LogP contribution is 2.21. The molecule has 0 amide bonds. The lowest BCUT2D eigenvalue weighted by molar-refractivity contribution is 0.189. The summed E-state index contributed by atoms with van der Waals surface area (Å²) in [6, 6.07) is 1.52. The summed E-state index contributed by atoms with van der Waals surface area (Å²) in [7, 11) is 2.32. The third-order valence-corrected chi connectivity index (χ3v) is 4.55. The fourth-order valence-corrected chi connectivity index (χ4v) is 3.30. The van der Waals surface area contributed by atoms with E-state index in [1.165, 1.54) is 70.9 Å². The van der Waals surface area contributed by atoms with Gasteiger partial charge in [-0.3, -0.25) is 0 Å². The van der Waals surface area contributed by atoms with Gasteiger partial charge >= 0.3 is 0 Å². The fraction of sp³-hybridized carbons (Fsp3) is 0.875. The van der Waals surface area contributed by atoms with Crippen molar-refractivity contribution in [1.82, 2.24) is 10.2 Å². The average molecular weight is 250 g/mol. The van der Waals surface area contributed by atoms with Crippen LogP contribution in [0.15, 0.2) is 12.2 Å². The molecule has 2 rings (SSSR count). The third-order valence-electron chi connectivity index (χ3n) is 4.55. The highest BCUT2D eigenvalue weighted by atomic mass is 15.1. The summed E-state index contributed by atoms with van der Waals surface area (Å²) in [5, 5.41) is 3.67. The van der Waals surface area contributed by atoms with Gasteiger partial charge in [0.15, 0.2) is 0 Å². The van der Waals surface area contributed by atoms with Crippen LogP contribution in [0.3, 0.4) is 0 Å². The Hall–Kier alpha value is -0.340. The van der Waals surface area contributed by atoms with Crippen LogP contribution in [0.25, 0.3) is 0 Å². The van der Waals surface area contributed by atoms with Crippen LogP contribution in [-0.2, 0) is 0 Å². The van der Waals surface area contributed by atoms with Gasteiger partial charge in [0.1, 0.15) is 0 Å². The van der Waals surface area contributed by atoms with Gasteiger partial charge in [0.2, 0.25) is 0 Å². The van der Waals surface area contributed by atoms with E-state index in [9.17, 15) is 0 Å². The molecule has 0 aromatic carbocycles. The normalized spacial score (nSPS) is 25.8. The van der Waals surface area contributed by atoms with Crippen LogP contribution in [0.1, 0.15) is 57.8 Å². The molecule has 2 aliphatic carbocycles. The summed E-state index contributed by atoms with van der Waals surface area (Å²) >= 11 is 0. The molecule has 1 N–H and O–H groups in total. The van der Waals surface area contributed by atoms with Gasteiger partial charge in [-0.2, -0.15) is 0 Å². The number of hydrogen-bond acceptors (Lipinski definition) is 2. The maximum absolute atomic E-state index is 3.67. The second kappa shape index (κ2) is 7.96. The first-order chi connectivity index (χ1) is 8.86. The van der Waals surface area contributed by atoms with E-state index in [-0.39, 0.29) is 0 Å². The van der Waals surface area contributed by atoms with Crippen LogP contribution >= 0.6 is 0 Å². The lowest BCUT2D eigenvalue weighted by Gasteiger charge is -2.31. The van der Waals surface area contributed by atoms with Gasteiger partial charge in [-0.05, 0) is 58.7 Å². The van der Waals surface area contributed by atoms with Crippen LogP contribution in [0.5, 0.6) is 0 Å². The Balaban J connectivity index is 1.54. The number of nitrogens with one attached hydrogen (secondary N) is 1. The monoisotopic (exact) mass is 250 g/mol. The van der Waals surface area contributed by atoms with Gasteiger partial charge in [-0.15, -0.1) is 0 Å². The molecule has 0 saturated heterocycles. The molecule has 2 nitrogen and oxygen atoms in total. The van der Waals surface area contributed by atoms with E-state index in [0.717, 1.165) is 6.04 Å². The van der Waals surface area contributed by atoms with Crippen LogP contribution in [0.2, 0.25) is 0 Å². The van der Waals surface area contributed by atoms with Gasteiger partial charge in [-0.25, -0.2) is 0 Å². The van der Waals surface area contributed by atoms with Crippen LogP contribution in [-0.4, -0.2) is 37.1 Å². The zero-order valence-electron chi connectivity index (χ0n) is 12.0. The molecule has 1 unspecified atom stereocenters. The first-order valence-electron chi connectivity index (χ1n) is 7.96. The summed E-state index contributed by atoms with van der Waals surface area (Å²) < 4.78 is 0. The molecule has 0 aromatic rings. The summed E-state index contributed by atoms with van der Waals surface area (Å²) in [5.74, 6) is 0. The Morgan fingerprint density at radius 3 is 2.67 bits per heavy atom. The van der Waals surface area contributed by atoms with Gasteiger partial charge in [0.05, 0.1) is 0 Å². The molecule has 1 saturated carbocycles. The number of rotatable bonds is 6. The average Bonchev–Trinajstić information content (AvgIpc) is 2.45. The Morgan fingerprint density at radius 2 is 1.94 bits per heavy atom. The predicted molar refractivity (Wildman–Crippen MR) is 78.9 cm³/mol. The molecule has 2 heteroatoms. The van der Waals surface area contributed by atoms with Crippen LogP contribution in [0, 0.1) is 0 Å². The van der Waals surface area contributed by atoms with Gasteiger partial charge in [0.25, 0.3) is 0 Å². The Morgan fingerprint density at radius 1 is 1.11 bits per heavy atom. The van der Waals surface area contributed by atoms with Gasteiger partial charge < -0.3 is 10.2 Å². The maximum Gasteiger partial charge on any atom is 0.0250 e. The van der Waals surface area contributed by atoms with Gasteiger partial charge in [0, 0.05) is 12.1 Å². The minimum Gasteiger partial charge on any atom is -0.310 e. The van der Waals surface area contributed by atoms with Crippen molar-refractivity contribution in [2.24, 2.45) is 0 Å². The summed E-state index contributed by atoms with van der Waals surface area (Å²) in [6.07, 6.45) is 17.1. The molecular formula is C16H30N2. The largest absolute Gasteiger partial charge is 0.310 e. The second-order valence-electron chi connectivity index (χ2n) is 6.05. The molecule has 0 aromatic heterocycles. The molecule has 0 spiro atoms. The summed E-state index contributed by atoms with van der Waals surface area (Å²) in [4.78, 5) is 2.59. The quantitative estimate of drug-likeness (QED) is 0.574. The Labute approximate surface area is 113 Å². The molecule has 0 aliphatic heterocycles. The fourth-order valence-electron chi connectivity index (χ4n) is 3.30. The molecule has 2 aliphatic rings. The van der Waals surface area contributed by atoms with Crippen LogP contribution < -0.4 is 5.32 Å². The van der Waals surface area contributed by atoms with E-state index in [4.69, 9.17) is 0 Å². The van der Waals surface area contributed by atoms with E-state index < -0.39 is 0 Å². The first-order valence-corrected chi connectivity index (χ1v) is 7.96. The molecule has 1 atom stereocenters. The van der Waals surface area contributed by atoms with Crippen molar-refractivity contribution in [3.8, 4) is 0 Å². The molecule has 18 heavy (non-hydrogen) atoms. The maximum atomic E-state index is 3.67. The second-order valence-corrected chi connectivity index (χ2v) is 6.05. The van der Waals surface area contributed by atoms with Crippen molar-refractivity contribution in [2.75, 3.05) is 20.1 Å². The highest BCUT2D eigenvalue weighted by Gasteiger charge is 2.17. The minimum absolute atomic E-state index is 0.652. The number of hydrogen-bond donors (Lipinski definition) is 1.